The maximum absolute atomic E-state index is 11.1. The Kier molecular flexibility index (Phi) is 4.58. The van der Waals surface area contributed by atoms with Crippen LogP contribution >= 0.6 is 11.3 Å². The van der Waals surface area contributed by atoms with Crippen molar-refractivity contribution in [1.29, 1.82) is 0 Å². The third-order valence-corrected chi connectivity index (χ3v) is 4.82. The number of aldehydes is 1. The number of piperidine rings is 1. The molecule has 0 spiro atoms. The van der Waals surface area contributed by atoms with E-state index in [0.29, 0.717) is 0 Å². The Morgan fingerprint density at radius 2 is 2.37 bits per heavy atom. The van der Waals surface area contributed by atoms with Gasteiger partial charge in [-0.15, -0.1) is 0 Å². The van der Waals surface area contributed by atoms with Crippen LogP contribution in [0.15, 0.2) is 0 Å². The fraction of sp³-hybridized carbons (Fsp3) is 0.714. The van der Waals surface area contributed by atoms with Crippen LogP contribution in [0.3, 0.4) is 0 Å². The molecule has 0 amide bonds. The molecule has 4 nitrogen and oxygen atoms in total. The molecule has 2 heterocycles. The van der Waals surface area contributed by atoms with E-state index in [-0.39, 0.29) is 5.60 Å². The van der Waals surface area contributed by atoms with Crippen LogP contribution in [0, 0.1) is 0 Å². The number of carbonyl (C=O) groups is 1. The van der Waals surface area contributed by atoms with Crippen LogP contribution in [0.5, 0.6) is 0 Å². The molecule has 1 aromatic heterocycles. The van der Waals surface area contributed by atoms with Gasteiger partial charge in [0.2, 0.25) is 0 Å². The van der Waals surface area contributed by atoms with Gasteiger partial charge in [-0.05, 0) is 26.2 Å². The van der Waals surface area contributed by atoms with Crippen LogP contribution in [-0.2, 0) is 11.2 Å². The second kappa shape index (κ2) is 6.01. The second-order valence-electron chi connectivity index (χ2n) is 5.35. The molecule has 0 aliphatic carbocycles. The van der Waals surface area contributed by atoms with Crippen LogP contribution in [0.4, 0.5) is 5.13 Å². The van der Waals surface area contributed by atoms with E-state index >= 15 is 0 Å². The van der Waals surface area contributed by atoms with Crippen molar-refractivity contribution >= 4 is 22.8 Å². The number of aromatic nitrogens is 1. The van der Waals surface area contributed by atoms with Crippen molar-refractivity contribution in [2.45, 2.75) is 45.1 Å². The summed E-state index contributed by atoms with van der Waals surface area (Å²) in [5.74, 6) is 0. The average molecular weight is 282 g/mol. The number of thiazole rings is 1. The molecule has 1 unspecified atom stereocenters. The first-order valence-electron chi connectivity index (χ1n) is 6.87. The lowest BCUT2D eigenvalue weighted by Gasteiger charge is -2.39. The summed E-state index contributed by atoms with van der Waals surface area (Å²) in [6.45, 7) is 6.09. The van der Waals surface area contributed by atoms with Gasteiger partial charge in [0.05, 0.1) is 16.2 Å². The van der Waals surface area contributed by atoms with Crippen LogP contribution in [-0.4, -0.2) is 37.1 Å². The van der Waals surface area contributed by atoms with Crippen molar-refractivity contribution in [3.8, 4) is 0 Å². The molecule has 0 N–H and O–H groups in total. The number of hydrogen-bond acceptors (Lipinski definition) is 5. The summed E-state index contributed by atoms with van der Waals surface area (Å²) in [5, 5.41) is 0.966. The minimum absolute atomic E-state index is 0.101. The monoisotopic (exact) mass is 282 g/mol. The molecule has 0 bridgehead atoms. The molecule has 0 saturated carbocycles. The Morgan fingerprint density at radius 1 is 1.58 bits per heavy atom. The van der Waals surface area contributed by atoms with Crippen molar-refractivity contribution in [2.24, 2.45) is 0 Å². The summed E-state index contributed by atoms with van der Waals surface area (Å²) in [7, 11) is 1.77. The van der Waals surface area contributed by atoms with Crippen LogP contribution < -0.4 is 4.90 Å². The molecule has 0 aromatic carbocycles. The minimum atomic E-state index is -0.101. The Labute approximate surface area is 118 Å². The van der Waals surface area contributed by atoms with Crippen molar-refractivity contribution in [3.05, 3.63) is 10.6 Å². The van der Waals surface area contributed by atoms with E-state index in [9.17, 15) is 4.79 Å². The summed E-state index contributed by atoms with van der Waals surface area (Å²) >= 11 is 1.51. The van der Waals surface area contributed by atoms with Crippen molar-refractivity contribution in [3.63, 3.8) is 0 Å². The van der Waals surface area contributed by atoms with E-state index in [1.54, 1.807) is 7.11 Å². The lowest BCUT2D eigenvalue weighted by atomic mass is 9.95. The molecule has 1 aliphatic heterocycles. The number of aryl methyl sites for hydroxylation is 1. The lowest BCUT2D eigenvalue weighted by Crippen LogP contribution is -2.47. The summed E-state index contributed by atoms with van der Waals surface area (Å²) in [6.07, 6.45) is 5.00. The number of anilines is 1. The molecule has 0 radical (unpaired) electrons. The Morgan fingerprint density at radius 3 is 3.00 bits per heavy atom. The number of carbonyl (C=O) groups excluding carboxylic acids is 1. The molecule has 1 aromatic rings. The zero-order valence-electron chi connectivity index (χ0n) is 11.9. The highest BCUT2D eigenvalue weighted by molar-refractivity contribution is 7.17. The first-order valence-corrected chi connectivity index (χ1v) is 7.68. The summed E-state index contributed by atoms with van der Waals surface area (Å²) in [5.41, 5.74) is 0.845. The molecule has 106 valence electrons. The van der Waals surface area contributed by atoms with Gasteiger partial charge in [-0.2, -0.15) is 0 Å². The Balaban J connectivity index is 2.19. The standard InChI is InChI=1S/C14H22N2O2S/c1-4-6-11-12(9-17)19-13(15-11)16-8-5-7-14(2,10-16)18-3/h9H,4-8,10H2,1-3H3. The molecule has 1 atom stereocenters. The number of ether oxygens (including phenoxy) is 1. The number of rotatable bonds is 5. The van der Waals surface area contributed by atoms with Gasteiger partial charge < -0.3 is 9.64 Å². The largest absolute Gasteiger partial charge is 0.377 e. The van der Waals surface area contributed by atoms with Crippen molar-refractivity contribution in [2.75, 3.05) is 25.1 Å². The number of methoxy groups -OCH3 is 1. The van der Waals surface area contributed by atoms with E-state index < -0.39 is 0 Å². The van der Waals surface area contributed by atoms with Gasteiger partial charge >= 0.3 is 0 Å². The third kappa shape index (κ3) is 3.15. The SMILES string of the molecule is CCCc1nc(N2CCCC(C)(OC)C2)sc1C=O. The highest BCUT2D eigenvalue weighted by Crippen LogP contribution is 2.32. The van der Waals surface area contributed by atoms with E-state index in [4.69, 9.17) is 4.74 Å². The van der Waals surface area contributed by atoms with Crippen LogP contribution in [0.2, 0.25) is 0 Å². The smallest absolute Gasteiger partial charge is 0.186 e. The molecule has 1 saturated heterocycles. The highest BCUT2D eigenvalue weighted by Gasteiger charge is 2.32. The molecular weight excluding hydrogens is 260 g/mol. The summed E-state index contributed by atoms with van der Waals surface area (Å²) < 4.78 is 5.61. The number of hydrogen-bond donors (Lipinski definition) is 0. The molecule has 19 heavy (non-hydrogen) atoms. The van der Waals surface area contributed by atoms with Gasteiger partial charge in [0, 0.05) is 20.2 Å². The maximum Gasteiger partial charge on any atom is 0.186 e. The second-order valence-corrected chi connectivity index (χ2v) is 6.36. The molecule has 2 rings (SSSR count). The minimum Gasteiger partial charge on any atom is -0.377 e. The van der Waals surface area contributed by atoms with Gasteiger partial charge in [-0.25, -0.2) is 4.98 Å². The summed E-state index contributed by atoms with van der Waals surface area (Å²) in [6, 6.07) is 0. The fourth-order valence-corrected chi connectivity index (χ4v) is 3.48. The molecule has 1 aliphatic rings. The molecule has 1 fully saturated rings. The van der Waals surface area contributed by atoms with E-state index in [1.165, 1.54) is 11.3 Å². The van der Waals surface area contributed by atoms with Gasteiger partial charge in [-0.3, -0.25) is 4.79 Å². The topological polar surface area (TPSA) is 42.4 Å². The predicted octanol–water partition coefficient (Wildman–Crippen LogP) is 2.91. The molecular formula is C14H22N2O2S. The first kappa shape index (κ1) is 14.5. The number of nitrogens with zero attached hydrogens (tertiary/aromatic N) is 2. The third-order valence-electron chi connectivity index (χ3n) is 3.73. The van der Waals surface area contributed by atoms with E-state index in [1.807, 2.05) is 0 Å². The zero-order valence-corrected chi connectivity index (χ0v) is 12.8. The quantitative estimate of drug-likeness (QED) is 0.779. The first-order chi connectivity index (χ1) is 9.11. The van der Waals surface area contributed by atoms with E-state index in [2.05, 4.69) is 23.7 Å². The van der Waals surface area contributed by atoms with Gasteiger partial charge in [0.1, 0.15) is 0 Å². The van der Waals surface area contributed by atoms with Crippen LogP contribution in [0.1, 0.15) is 48.5 Å². The van der Waals surface area contributed by atoms with Crippen LogP contribution in [0.25, 0.3) is 0 Å². The van der Waals surface area contributed by atoms with Crippen molar-refractivity contribution in [1.82, 2.24) is 4.98 Å². The maximum atomic E-state index is 11.1. The van der Waals surface area contributed by atoms with Gasteiger partial charge in [0.25, 0.3) is 0 Å². The van der Waals surface area contributed by atoms with E-state index in [0.717, 1.165) is 60.8 Å². The van der Waals surface area contributed by atoms with Crippen molar-refractivity contribution < 1.29 is 9.53 Å². The average Bonchev–Trinajstić information content (AvgIpc) is 2.82. The van der Waals surface area contributed by atoms with Gasteiger partial charge in [-0.1, -0.05) is 24.7 Å². The lowest BCUT2D eigenvalue weighted by molar-refractivity contribution is -0.00466. The Bertz CT molecular complexity index is 447. The summed E-state index contributed by atoms with van der Waals surface area (Å²) in [4.78, 5) is 18.8. The Hall–Kier alpha value is -0.940. The predicted molar refractivity (Wildman–Crippen MR) is 78.4 cm³/mol. The fourth-order valence-electron chi connectivity index (χ4n) is 2.53. The zero-order chi connectivity index (χ0) is 13.9. The van der Waals surface area contributed by atoms with Gasteiger partial charge in [0.15, 0.2) is 11.4 Å². The molecule has 5 heteroatoms. The highest BCUT2D eigenvalue weighted by atomic mass is 32.1. The normalized spacial score (nSPS) is 23.6.